The Morgan fingerprint density at radius 2 is 1.10 bits per heavy atom. The molecule has 0 saturated carbocycles. The van der Waals surface area contributed by atoms with Crippen molar-refractivity contribution < 1.29 is 28.3 Å². The summed E-state index contributed by atoms with van der Waals surface area (Å²) >= 11 is 0. The first kappa shape index (κ1) is 29.0. The molecule has 21 heavy (non-hydrogen) atoms. The Labute approximate surface area is 129 Å². The number of aliphatic hydroxyl groups is 1. The van der Waals surface area contributed by atoms with Gasteiger partial charge in [-0.1, -0.05) is 58.3 Å². The van der Waals surface area contributed by atoms with Gasteiger partial charge in [0.15, 0.2) is 4.31 Å². The normalized spacial score (nSPS) is 10.5. The van der Waals surface area contributed by atoms with Crippen molar-refractivity contribution in [3.8, 4) is 0 Å². The summed E-state index contributed by atoms with van der Waals surface area (Å²) < 4.78 is 22.2. The highest BCUT2D eigenvalue weighted by Gasteiger charge is 2.31. The molecule has 0 aromatic carbocycles. The topological polar surface area (TPSA) is 174 Å². The van der Waals surface area contributed by atoms with Gasteiger partial charge < -0.3 is 17.4 Å². The summed E-state index contributed by atoms with van der Waals surface area (Å²) in [6.45, 7) is 2.62. The second-order valence-electron chi connectivity index (χ2n) is 4.11. The van der Waals surface area contributed by atoms with Crippen molar-refractivity contribution in [3.63, 3.8) is 0 Å². The summed E-state index contributed by atoms with van der Waals surface area (Å²) in [4.78, 5) is 15.3. The highest BCUT2D eigenvalue weighted by molar-refractivity contribution is 7.46. The Balaban J connectivity index is -0.000000140. The van der Waals surface area contributed by atoms with Crippen molar-refractivity contribution in [1.82, 2.24) is 12.3 Å². The second kappa shape index (κ2) is 24.9. The van der Waals surface area contributed by atoms with Crippen molar-refractivity contribution in [2.45, 2.75) is 64.7 Å². The zero-order valence-electron chi connectivity index (χ0n) is 12.9. The van der Waals surface area contributed by atoms with Gasteiger partial charge in [-0.2, -0.15) is 0 Å². The zero-order chi connectivity index (χ0) is 14.9. The monoisotopic (exact) mass is 350 g/mol. The minimum Gasteiger partial charge on any atom is -0.396 e. The van der Waals surface area contributed by atoms with Crippen LogP contribution in [0.1, 0.15) is 64.7 Å². The van der Waals surface area contributed by atoms with Crippen molar-refractivity contribution >= 4 is 16.5 Å². The first-order valence-corrected chi connectivity index (χ1v) is 8.91. The summed E-state index contributed by atoms with van der Waals surface area (Å²) in [5.41, 5.74) is 0. The van der Waals surface area contributed by atoms with Crippen LogP contribution in [0.2, 0.25) is 0 Å². The SMILES string of the molecule is CCCCCCCCCCCO.N.N.O=[P+](O)O[P+](=O)O. The van der Waals surface area contributed by atoms with Gasteiger partial charge in [-0.15, -0.1) is 9.79 Å². The Morgan fingerprint density at radius 3 is 1.33 bits per heavy atom. The lowest BCUT2D eigenvalue weighted by atomic mass is 10.1. The molecular formula is C11H32N2O6P2+2. The van der Waals surface area contributed by atoms with Gasteiger partial charge in [-0.05, 0) is 6.42 Å². The third-order valence-electron chi connectivity index (χ3n) is 2.40. The average Bonchev–Trinajstić information content (AvgIpc) is 2.32. The van der Waals surface area contributed by atoms with Gasteiger partial charge in [0.1, 0.15) is 0 Å². The lowest BCUT2D eigenvalue weighted by Crippen LogP contribution is -1.84. The smallest absolute Gasteiger partial charge is 0.396 e. The molecule has 0 rings (SSSR count). The van der Waals surface area contributed by atoms with E-state index in [0.29, 0.717) is 6.61 Å². The van der Waals surface area contributed by atoms with E-state index in [-0.39, 0.29) is 12.3 Å². The fourth-order valence-corrected chi connectivity index (χ4v) is 1.96. The van der Waals surface area contributed by atoms with Crippen LogP contribution in [0, 0.1) is 0 Å². The molecule has 0 heterocycles. The second-order valence-corrected chi connectivity index (χ2v) is 5.71. The fraction of sp³-hybridized carbons (Fsp3) is 1.00. The summed E-state index contributed by atoms with van der Waals surface area (Å²) in [7, 11) is -5.85. The van der Waals surface area contributed by atoms with Crippen LogP contribution < -0.4 is 12.3 Å². The Kier molecular flexibility index (Phi) is 34.5. The van der Waals surface area contributed by atoms with Gasteiger partial charge in [0.05, 0.1) is 0 Å². The molecule has 0 saturated heterocycles. The molecule has 0 aliphatic rings. The molecule has 0 radical (unpaired) electrons. The van der Waals surface area contributed by atoms with Crippen molar-refractivity contribution in [2.24, 2.45) is 0 Å². The molecule has 2 atom stereocenters. The minimum absolute atomic E-state index is 0. The van der Waals surface area contributed by atoms with Crippen LogP contribution in [0.5, 0.6) is 0 Å². The summed E-state index contributed by atoms with van der Waals surface area (Å²) in [6.07, 6.45) is 11.8. The van der Waals surface area contributed by atoms with Crippen LogP contribution in [-0.4, -0.2) is 21.5 Å². The number of aliphatic hydroxyl groups excluding tert-OH is 1. The molecule has 0 spiro atoms. The van der Waals surface area contributed by atoms with E-state index in [1.165, 1.54) is 51.4 Å². The van der Waals surface area contributed by atoms with Gasteiger partial charge >= 0.3 is 16.5 Å². The lowest BCUT2D eigenvalue weighted by molar-refractivity contribution is 0.282. The van der Waals surface area contributed by atoms with Crippen molar-refractivity contribution in [1.29, 1.82) is 0 Å². The molecule has 130 valence electrons. The maximum Gasteiger partial charge on any atom is 0.745 e. The third kappa shape index (κ3) is 38.3. The zero-order valence-corrected chi connectivity index (χ0v) is 14.7. The van der Waals surface area contributed by atoms with E-state index in [2.05, 4.69) is 11.2 Å². The summed E-state index contributed by atoms with van der Waals surface area (Å²) in [5, 5.41) is 8.54. The van der Waals surface area contributed by atoms with Gasteiger partial charge in [0, 0.05) is 15.7 Å². The van der Waals surface area contributed by atoms with Crippen LogP contribution in [0.3, 0.4) is 0 Å². The molecule has 9 N–H and O–H groups in total. The highest BCUT2D eigenvalue weighted by Crippen LogP contribution is 2.30. The maximum atomic E-state index is 9.39. The molecule has 0 aromatic rings. The van der Waals surface area contributed by atoms with E-state index >= 15 is 0 Å². The molecule has 0 aliphatic heterocycles. The summed E-state index contributed by atoms with van der Waals surface area (Å²) in [5.74, 6) is 0. The molecule has 0 aliphatic carbocycles. The Morgan fingerprint density at radius 1 is 0.762 bits per heavy atom. The predicted octanol–water partition coefficient (Wildman–Crippen LogP) is 4.14. The van der Waals surface area contributed by atoms with E-state index < -0.39 is 16.5 Å². The molecule has 10 heteroatoms. The van der Waals surface area contributed by atoms with Crippen LogP contribution in [0.25, 0.3) is 0 Å². The van der Waals surface area contributed by atoms with E-state index in [9.17, 15) is 9.13 Å². The third-order valence-corrected chi connectivity index (χ3v) is 3.52. The molecule has 0 bridgehead atoms. The van der Waals surface area contributed by atoms with E-state index in [4.69, 9.17) is 14.9 Å². The van der Waals surface area contributed by atoms with Gasteiger partial charge in [0.25, 0.3) is 0 Å². The van der Waals surface area contributed by atoms with E-state index in [0.717, 1.165) is 6.42 Å². The molecule has 8 nitrogen and oxygen atoms in total. The molecule has 0 aromatic heterocycles. The fourth-order valence-electron chi connectivity index (χ4n) is 1.48. The molecule has 0 amide bonds. The Hall–Kier alpha value is -0.0400. The lowest BCUT2D eigenvalue weighted by Gasteiger charge is -1.99. The minimum atomic E-state index is -2.92. The van der Waals surface area contributed by atoms with Gasteiger partial charge in [0.2, 0.25) is 0 Å². The van der Waals surface area contributed by atoms with Crippen molar-refractivity contribution in [2.75, 3.05) is 6.61 Å². The van der Waals surface area contributed by atoms with Crippen LogP contribution in [-0.2, 0) is 13.4 Å². The van der Waals surface area contributed by atoms with E-state index in [1.807, 2.05) is 0 Å². The molecule has 2 unspecified atom stereocenters. The number of rotatable bonds is 11. The van der Waals surface area contributed by atoms with Crippen LogP contribution >= 0.6 is 16.5 Å². The van der Waals surface area contributed by atoms with Crippen molar-refractivity contribution in [3.05, 3.63) is 0 Å². The van der Waals surface area contributed by atoms with Crippen LogP contribution in [0.15, 0.2) is 0 Å². The van der Waals surface area contributed by atoms with Gasteiger partial charge in [-0.3, -0.25) is 0 Å². The standard InChI is InChI=1S/C11H24O.2H3N.O5P2/c1-2-3-4-5-6-7-8-9-10-11-12;;;1-6(2)5-7(3)4/h12H,2-11H2,1H3;2*1H3;/p+2. The first-order chi connectivity index (χ1) is 9.04. The maximum absolute atomic E-state index is 9.39. The number of hydrogen-bond donors (Lipinski definition) is 5. The predicted molar refractivity (Wildman–Crippen MR) is 85.1 cm³/mol. The quantitative estimate of drug-likeness (QED) is 0.273. The summed E-state index contributed by atoms with van der Waals surface area (Å²) in [6, 6.07) is 0. The molecular weight excluding hydrogens is 318 g/mol. The Bertz CT molecular complexity index is 213. The highest BCUT2D eigenvalue weighted by atomic mass is 31.2. The van der Waals surface area contributed by atoms with E-state index in [1.54, 1.807) is 0 Å². The van der Waals surface area contributed by atoms with Crippen LogP contribution in [0.4, 0.5) is 0 Å². The number of hydrogen-bond acceptors (Lipinski definition) is 6. The van der Waals surface area contributed by atoms with Gasteiger partial charge in [-0.25, -0.2) is 0 Å². The first-order valence-electron chi connectivity index (χ1n) is 6.65. The largest absolute Gasteiger partial charge is 0.745 e. The number of unbranched alkanes of at least 4 members (excludes halogenated alkanes) is 8. The average molecular weight is 350 g/mol. The molecule has 0 fully saturated rings.